The maximum Gasteiger partial charge on any atom is 0.433 e. The molecule has 0 amide bonds. The molecule has 0 aliphatic carbocycles. The highest BCUT2D eigenvalue weighted by molar-refractivity contribution is 9.10. The lowest BCUT2D eigenvalue weighted by molar-refractivity contribution is -0.141. The van der Waals surface area contributed by atoms with Crippen LogP contribution in [0.15, 0.2) is 28.7 Å². The molecule has 5 nitrogen and oxygen atoms in total. The SMILES string of the molecule is NNc1nc(Oc2ccc(Cl)cc2Br)cc(C(F)(F)F)n1. The number of anilines is 1. The first kappa shape index (κ1) is 15.8. The molecule has 0 radical (unpaired) electrons. The quantitative estimate of drug-likeness (QED) is 0.619. The van der Waals surface area contributed by atoms with Crippen molar-refractivity contribution in [3.63, 3.8) is 0 Å². The molecule has 1 heterocycles. The van der Waals surface area contributed by atoms with Crippen LogP contribution in [0.3, 0.4) is 0 Å². The van der Waals surface area contributed by atoms with Crippen molar-refractivity contribution in [1.82, 2.24) is 9.97 Å². The Bertz CT molecular complexity index is 668. The number of benzene rings is 1. The van der Waals surface area contributed by atoms with Crippen LogP contribution < -0.4 is 16.0 Å². The molecule has 0 atom stereocenters. The molecule has 21 heavy (non-hydrogen) atoms. The molecule has 112 valence electrons. The molecule has 0 saturated heterocycles. The van der Waals surface area contributed by atoms with Crippen molar-refractivity contribution in [3.8, 4) is 11.6 Å². The largest absolute Gasteiger partial charge is 0.438 e. The topological polar surface area (TPSA) is 73.1 Å². The van der Waals surface area contributed by atoms with Crippen LogP contribution in [0.4, 0.5) is 19.1 Å². The van der Waals surface area contributed by atoms with Crippen LogP contribution in [0.2, 0.25) is 5.02 Å². The van der Waals surface area contributed by atoms with Gasteiger partial charge in [0, 0.05) is 11.1 Å². The van der Waals surface area contributed by atoms with Gasteiger partial charge in [-0.1, -0.05) is 11.6 Å². The van der Waals surface area contributed by atoms with E-state index in [4.69, 9.17) is 22.2 Å². The number of alkyl halides is 3. The number of hydrogen-bond donors (Lipinski definition) is 2. The molecular formula is C11H7BrClF3N4O. The monoisotopic (exact) mass is 382 g/mol. The number of halogens is 5. The Morgan fingerprint density at radius 3 is 2.52 bits per heavy atom. The van der Waals surface area contributed by atoms with Crippen LogP contribution in [0, 0.1) is 0 Å². The lowest BCUT2D eigenvalue weighted by atomic mass is 10.3. The number of nitrogens with two attached hydrogens (primary N) is 1. The number of aromatic nitrogens is 2. The molecule has 0 aliphatic rings. The highest BCUT2D eigenvalue weighted by Gasteiger charge is 2.34. The summed E-state index contributed by atoms with van der Waals surface area (Å²) < 4.78 is 43.9. The molecular weight excluding hydrogens is 376 g/mol. The van der Waals surface area contributed by atoms with Crippen LogP contribution in [-0.4, -0.2) is 9.97 Å². The first-order chi connectivity index (χ1) is 9.79. The van der Waals surface area contributed by atoms with Crippen LogP contribution in [0.25, 0.3) is 0 Å². The Labute approximate surface area is 130 Å². The van der Waals surface area contributed by atoms with E-state index in [0.717, 1.165) is 0 Å². The summed E-state index contributed by atoms with van der Waals surface area (Å²) in [4.78, 5) is 6.92. The fourth-order valence-electron chi connectivity index (χ4n) is 1.36. The number of rotatable bonds is 3. The summed E-state index contributed by atoms with van der Waals surface area (Å²) in [6.07, 6.45) is -4.65. The van der Waals surface area contributed by atoms with Gasteiger partial charge in [0.1, 0.15) is 5.75 Å². The number of nitrogens with one attached hydrogen (secondary N) is 1. The van der Waals surface area contributed by atoms with Crippen molar-refractivity contribution in [2.45, 2.75) is 6.18 Å². The normalized spacial score (nSPS) is 11.3. The lowest BCUT2D eigenvalue weighted by Crippen LogP contribution is -2.15. The van der Waals surface area contributed by atoms with Crippen molar-refractivity contribution >= 4 is 33.5 Å². The summed E-state index contributed by atoms with van der Waals surface area (Å²) in [6, 6.07) is 5.21. The summed E-state index contributed by atoms with van der Waals surface area (Å²) in [6.45, 7) is 0. The smallest absolute Gasteiger partial charge is 0.433 e. The van der Waals surface area contributed by atoms with Crippen LogP contribution in [-0.2, 0) is 6.18 Å². The molecule has 2 aromatic rings. The Hall–Kier alpha value is -1.58. The standard InChI is InChI=1S/C11H7BrClF3N4O/c12-6-3-5(13)1-2-7(6)21-9-4-8(11(14,15)16)18-10(19-9)20-17/h1-4H,17H2,(H,18,19,20). The number of ether oxygens (including phenoxy) is 1. The van der Waals surface area contributed by atoms with Gasteiger partial charge in [-0.2, -0.15) is 18.2 Å². The Balaban J connectivity index is 2.39. The van der Waals surface area contributed by atoms with E-state index < -0.39 is 17.8 Å². The molecule has 0 fully saturated rings. The van der Waals surface area contributed by atoms with Crippen LogP contribution in [0.1, 0.15) is 5.69 Å². The molecule has 0 aliphatic heterocycles. The average Bonchev–Trinajstić information content (AvgIpc) is 2.40. The molecule has 0 saturated carbocycles. The van der Waals surface area contributed by atoms with Gasteiger partial charge in [-0.3, -0.25) is 5.43 Å². The second-order valence-corrected chi connectivity index (χ2v) is 5.02. The zero-order valence-corrected chi connectivity index (χ0v) is 12.4. The lowest BCUT2D eigenvalue weighted by Gasteiger charge is -2.11. The van der Waals surface area contributed by atoms with Gasteiger partial charge in [0.15, 0.2) is 5.69 Å². The van der Waals surface area contributed by atoms with Gasteiger partial charge in [-0.05, 0) is 34.1 Å². The highest BCUT2D eigenvalue weighted by atomic mass is 79.9. The number of hydrogen-bond acceptors (Lipinski definition) is 5. The first-order valence-corrected chi connectivity index (χ1v) is 6.52. The summed E-state index contributed by atoms with van der Waals surface area (Å²) in [5.41, 5.74) is 0.779. The van der Waals surface area contributed by atoms with E-state index in [1.54, 1.807) is 0 Å². The maximum absolute atomic E-state index is 12.7. The van der Waals surface area contributed by atoms with Crippen molar-refractivity contribution in [2.24, 2.45) is 5.84 Å². The Kier molecular flexibility index (Phi) is 4.55. The molecule has 1 aromatic carbocycles. The van der Waals surface area contributed by atoms with Crippen molar-refractivity contribution < 1.29 is 17.9 Å². The van der Waals surface area contributed by atoms with Gasteiger partial charge in [-0.15, -0.1) is 0 Å². The molecule has 0 bridgehead atoms. The van der Waals surface area contributed by atoms with Gasteiger partial charge < -0.3 is 4.74 Å². The summed E-state index contributed by atoms with van der Waals surface area (Å²) in [5, 5.41) is 0.442. The van der Waals surface area contributed by atoms with Crippen LogP contribution >= 0.6 is 27.5 Å². The van der Waals surface area contributed by atoms with E-state index in [2.05, 4.69) is 25.9 Å². The van der Waals surface area contributed by atoms with E-state index in [1.165, 1.54) is 18.2 Å². The Morgan fingerprint density at radius 2 is 1.95 bits per heavy atom. The van der Waals surface area contributed by atoms with Crippen molar-refractivity contribution in [2.75, 3.05) is 5.43 Å². The van der Waals surface area contributed by atoms with Gasteiger partial charge in [0.2, 0.25) is 11.8 Å². The molecule has 3 N–H and O–H groups in total. The number of hydrazine groups is 1. The summed E-state index contributed by atoms with van der Waals surface area (Å²) in [5.74, 6) is 4.57. The fraction of sp³-hybridized carbons (Fsp3) is 0.0909. The molecule has 0 unspecified atom stereocenters. The minimum Gasteiger partial charge on any atom is -0.438 e. The van der Waals surface area contributed by atoms with E-state index in [1.807, 2.05) is 5.43 Å². The minimum absolute atomic E-state index is 0.245. The van der Waals surface area contributed by atoms with Crippen molar-refractivity contribution in [1.29, 1.82) is 0 Å². The van der Waals surface area contributed by atoms with Gasteiger partial charge in [0.05, 0.1) is 4.47 Å². The van der Waals surface area contributed by atoms with E-state index in [-0.39, 0.29) is 11.6 Å². The average molecular weight is 384 g/mol. The fourth-order valence-corrected chi connectivity index (χ4v) is 2.12. The van der Waals surface area contributed by atoms with E-state index in [0.29, 0.717) is 15.6 Å². The van der Waals surface area contributed by atoms with E-state index >= 15 is 0 Å². The number of nitrogen functional groups attached to an aromatic ring is 1. The predicted molar refractivity (Wildman–Crippen MR) is 74.1 cm³/mol. The third-order valence-corrected chi connectivity index (χ3v) is 3.09. The van der Waals surface area contributed by atoms with Gasteiger partial charge in [0.25, 0.3) is 0 Å². The summed E-state index contributed by atoms with van der Waals surface area (Å²) >= 11 is 8.95. The Morgan fingerprint density at radius 1 is 1.24 bits per heavy atom. The zero-order valence-electron chi connectivity index (χ0n) is 10.1. The minimum atomic E-state index is -4.65. The third kappa shape index (κ3) is 3.96. The van der Waals surface area contributed by atoms with Gasteiger partial charge in [-0.25, -0.2) is 10.8 Å². The molecule has 1 aromatic heterocycles. The molecule has 0 spiro atoms. The molecule has 2 rings (SSSR count). The second kappa shape index (κ2) is 6.04. The molecule has 10 heteroatoms. The zero-order chi connectivity index (χ0) is 15.6. The van der Waals surface area contributed by atoms with Crippen molar-refractivity contribution in [3.05, 3.63) is 39.5 Å². The highest BCUT2D eigenvalue weighted by Crippen LogP contribution is 2.34. The predicted octanol–water partition coefficient (Wildman–Crippen LogP) is 3.99. The number of nitrogens with zero attached hydrogens (tertiary/aromatic N) is 2. The second-order valence-electron chi connectivity index (χ2n) is 3.73. The maximum atomic E-state index is 12.7. The van der Waals surface area contributed by atoms with Crippen LogP contribution in [0.5, 0.6) is 11.6 Å². The van der Waals surface area contributed by atoms with Gasteiger partial charge >= 0.3 is 6.18 Å². The third-order valence-electron chi connectivity index (χ3n) is 2.23. The van der Waals surface area contributed by atoms with E-state index in [9.17, 15) is 13.2 Å². The summed E-state index contributed by atoms with van der Waals surface area (Å²) in [7, 11) is 0. The first-order valence-electron chi connectivity index (χ1n) is 5.35.